The zero-order valence-corrected chi connectivity index (χ0v) is 12.7. The van der Waals surface area contributed by atoms with Gasteiger partial charge in [0.05, 0.1) is 10.2 Å². The molecule has 92 valence electrons. The van der Waals surface area contributed by atoms with Crippen molar-refractivity contribution in [1.82, 2.24) is 4.98 Å². The quantitative estimate of drug-likeness (QED) is 0.863. The summed E-state index contributed by atoms with van der Waals surface area (Å²) in [7, 11) is 0. The standard InChI is InChI=1S/C13H10Br2N2O/c1-8-9(3-2-4-10(8)14)13(18)17-12-5-6-16-7-11(12)15/h2-7H,1H3,(H,16,17,18). The number of halogens is 2. The lowest BCUT2D eigenvalue weighted by Gasteiger charge is -2.09. The van der Waals surface area contributed by atoms with Gasteiger partial charge in [0.15, 0.2) is 0 Å². The molecular formula is C13H10Br2N2O. The van der Waals surface area contributed by atoms with E-state index in [9.17, 15) is 4.79 Å². The number of anilines is 1. The number of aromatic nitrogens is 1. The summed E-state index contributed by atoms with van der Waals surface area (Å²) in [5, 5.41) is 2.85. The number of carbonyl (C=O) groups is 1. The Morgan fingerprint density at radius 1 is 1.22 bits per heavy atom. The minimum atomic E-state index is -0.138. The summed E-state index contributed by atoms with van der Waals surface area (Å²) in [6.45, 7) is 1.90. The predicted molar refractivity (Wildman–Crippen MR) is 78.8 cm³/mol. The van der Waals surface area contributed by atoms with E-state index in [2.05, 4.69) is 42.2 Å². The van der Waals surface area contributed by atoms with Gasteiger partial charge in [-0.05, 0) is 46.6 Å². The lowest BCUT2D eigenvalue weighted by molar-refractivity contribution is 0.102. The van der Waals surface area contributed by atoms with Crippen LogP contribution >= 0.6 is 31.9 Å². The fourth-order valence-electron chi connectivity index (χ4n) is 1.52. The van der Waals surface area contributed by atoms with Gasteiger partial charge in [0, 0.05) is 22.4 Å². The van der Waals surface area contributed by atoms with Gasteiger partial charge in [0.25, 0.3) is 5.91 Å². The molecule has 0 aliphatic rings. The van der Waals surface area contributed by atoms with Crippen LogP contribution < -0.4 is 5.32 Å². The number of benzene rings is 1. The highest BCUT2D eigenvalue weighted by Crippen LogP contribution is 2.23. The molecule has 0 spiro atoms. The third-order valence-corrected chi connectivity index (χ3v) is 4.02. The van der Waals surface area contributed by atoms with E-state index < -0.39 is 0 Å². The first-order chi connectivity index (χ1) is 8.59. The molecule has 0 saturated carbocycles. The molecule has 1 aromatic heterocycles. The molecule has 1 N–H and O–H groups in total. The van der Waals surface area contributed by atoms with Crippen molar-refractivity contribution < 1.29 is 4.79 Å². The van der Waals surface area contributed by atoms with Crippen LogP contribution in [0.2, 0.25) is 0 Å². The zero-order valence-electron chi connectivity index (χ0n) is 9.58. The van der Waals surface area contributed by atoms with Gasteiger partial charge < -0.3 is 5.32 Å². The second kappa shape index (κ2) is 5.63. The molecule has 0 fully saturated rings. The highest BCUT2D eigenvalue weighted by molar-refractivity contribution is 9.10. The van der Waals surface area contributed by atoms with E-state index >= 15 is 0 Å². The average molecular weight is 370 g/mol. The Kier molecular flexibility index (Phi) is 4.14. The van der Waals surface area contributed by atoms with Crippen LogP contribution in [0.5, 0.6) is 0 Å². The van der Waals surface area contributed by atoms with Gasteiger partial charge in [0.1, 0.15) is 0 Å². The second-order valence-electron chi connectivity index (χ2n) is 3.72. The number of hydrogen-bond donors (Lipinski definition) is 1. The number of nitrogens with one attached hydrogen (secondary N) is 1. The second-order valence-corrected chi connectivity index (χ2v) is 5.43. The Balaban J connectivity index is 2.28. The minimum Gasteiger partial charge on any atom is -0.321 e. The fourth-order valence-corrected chi connectivity index (χ4v) is 2.24. The summed E-state index contributed by atoms with van der Waals surface area (Å²) in [5.41, 5.74) is 2.27. The van der Waals surface area contributed by atoms with E-state index in [1.807, 2.05) is 19.1 Å². The molecule has 0 saturated heterocycles. The van der Waals surface area contributed by atoms with Gasteiger partial charge in [0.2, 0.25) is 0 Å². The van der Waals surface area contributed by atoms with Crippen LogP contribution in [-0.2, 0) is 0 Å². The van der Waals surface area contributed by atoms with Crippen LogP contribution in [0.25, 0.3) is 0 Å². The monoisotopic (exact) mass is 368 g/mol. The van der Waals surface area contributed by atoms with E-state index in [-0.39, 0.29) is 5.91 Å². The molecule has 1 aromatic carbocycles. The number of hydrogen-bond acceptors (Lipinski definition) is 2. The Hall–Kier alpha value is -1.20. The number of rotatable bonds is 2. The number of pyridine rings is 1. The summed E-state index contributed by atoms with van der Waals surface area (Å²) in [5.74, 6) is -0.138. The molecule has 18 heavy (non-hydrogen) atoms. The Bertz CT molecular complexity index is 599. The predicted octanol–water partition coefficient (Wildman–Crippen LogP) is 4.17. The molecule has 2 rings (SSSR count). The molecule has 5 heteroatoms. The number of nitrogens with zero attached hydrogens (tertiary/aromatic N) is 1. The third-order valence-electron chi connectivity index (χ3n) is 2.53. The van der Waals surface area contributed by atoms with E-state index in [1.165, 1.54) is 0 Å². The van der Waals surface area contributed by atoms with Crippen molar-refractivity contribution in [3.63, 3.8) is 0 Å². The summed E-state index contributed by atoms with van der Waals surface area (Å²) >= 11 is 6.76. The minimum absolute atomic E-state index is 0.138. The number of carbonyl (C=O) groups excluding carboxylic acids is 1. The van der Waals surface area contributed by atoms with Crippen LogP contribution in [0.1, 0.15) is 15.9 Å². The molecular weight excluding hydrogens is 360 g/mol. The van der Waals surface area contributed by atoms with Crippen molar-refractivity contribution in [3.8, 4) is 0 Å². The highest BCUT2D eigenvalue weighted by Gasteiger charge is 2.12. The molecule has 1 heterocycles. The van der Waals surface area contributed by atoms with Crippen LogP contribution in [0.3, 0.4) is 0 Å². The lowest BCUT2D eigenvalue weighted by atomic mass is 10.1. The molecule has 0 aliphatic heterocycles. The van der Waals surface area contributed by atoms with E-state index in [0.29, 0.717) is 11.3 Å². The first-order valence-electron chi connectivity index (χ1n) is 5.25. The van der Waals surface area contributed by atoms with Crippen molar-refractivity contribution in [2.24, 2.45) is 0 Å². The van der Waals surface area contributed by atoms with Crippen LogP contribution in [0.4, 0.5) is 5.69 Å². The van der Waals surface area contributed by atoms with Crippen molar-refractivity contribution >= 4 is 43.5 Å². The summed E-state index contributed by atoms with van der Waals surface area (Å²) < 4.78 is 1.68. The molecule has 0 bridgehead atoms. The zero-order chi connectivity index (χ0) is 13.1. The average Bonchev–Trinajstić information content (AvgIpc) is 2.35. The Morgan fingerprint density at radius 3 is 2.72 bits per heavy atom. The van der Waals surface area contributed by atoms with Gasteiger partial charge >= 0.3 is 0 Å². The first-order valence-corrected chi connectivity index (χ1v) is 6.84. The van der Waals surface area contributed by atoms with E-state index in [0.717, 1.165) is 14.5 Å². The first kappa shape index (κ1) is 13.2. The maximum atomic E-state index is 12.2. The van der Waals surface area contributed by atoms with Gasteiger partial charge in [-0.25, -0.2) is 0 Å². The summed E-state index contributed by atoms with van der Waals surface area (Å²) in [4.78, 5) is 16.1. The topological polar surface area (TPSA) is 42.0 Å². The molecule has 0 radical (unpaired) electrons. The van der Waals surface area contributed by atoms with Crippen LogP contribution in [-0.4, -0.2) is 10.9 Å². The fraction of sp³-hybridized carbons (Fsp3) is 0.0769. The van der Waals surface area contributed by atoms with Gasteiger partial charge in [-0.1, -0.05) is 22.0 Å². The van der Waals surface area contributed by atoms with Gasteiger partial charge in [-0.3, -0.25) is 9.78 Å². The van der Waals surface area contributed by atoms with Crippen molar-refractivity contribution in [3.05, 3.63) is 56.7 Å². The third kappa shape index (κ3) is 2.79. The van der Waals surface area contributed by atoms with Crippen molar-refractivity contribution in [2.75, 3.05) is 5.32 Å². The maximum absolute atomic E-state index is 12.2. The van der Waals surface area contributed by atoms with Gasteiger partial charge in [-0.2, -0.15) is 0 Å². The smallest absolute Gasteiger partial charge is 0.256 e. The lowest BCUT2D eigenvalue weighted by Crippen LogP contribution is -2.13. The normalized spacial score (nSPS) is 10.2. The molecule has 0 unspecified atom stereocenters. The molecule has 1 amide bonds. The summed E-state index contributed by atoms with van der Waals surface area (Å²) in [6, 6.07) is 7.29. The maximum Gasteiger partial charge on any atom is 0.256 e. The molecule has 0 atom stereocenters. The summed E-state index contributed by atoms with van der Waals surface area (Å²) in [6.07, 6.45) is 3.28. The highest BCUT2D eigenvalue weighted by atomic mass is 79.9. The Morgan fingerprint density at radius 2 is 2.00 bits per heavy atom. The molecule has 2 aromatic rings. The van der Waals surface area contributed by atoms with Crippen LogP contribution in [0, 0.1) is 6.92 Å². The van der Waals surface area contributed by atoms with Crippen LogP contribution in [0.15, 0.2) is 45.6 Å². The van der Waals surface area contributed by atoms with Crippen molar-refractivity contribution in [1.29, 1.82) is 0 Å². The van der Waals surface area contributed by atoms with Gasteiger partial charge in [-0.15, -0.1) is 0 Å². The van der Waals surface area contributed by atoms with E-state index in [1.54, 1.807) is 24.5 Å². The SMILES string of the molecule is Cc1c(Br)cccc1C(=O)Nc1ccncc1Br. The van der Waals surface area contributed by atoms with E-state index in [4.69, 9.17) is 0 Å². The molecule has 3 nitrogen and oxygen atoms in total. The van der Waals surface area contributed by atoms with Crippen molar-refractivity contribution in [2.45, 2.75) is 6.92 Å². The molecule has 0 aliphatic carbocycles. The Labute approximate surface area is 122 Å². The largest absolute Gasteiger partial charge is 0.321 e. The number of amides is 1.